The first-order valence-electron chi connectivity index (χ1n) is 10.00. The predicted molar refractivity (Wildman–Crippen MR) is 133 cm³/mol. The van der Waals surface area contributed by atoms with Gasteiger partial charge in [-0.1, -0.05) is 29.8 Å². The van der Waals surface area contributed by atoms with Crippen molar-refractivity contribution in [1.29, 1.82) is 0 Å². The Morgan fingerprint density at radius 2 is 1.83 bits per heavy atom. The van der Waals surface area contributed by atoms with E-state index in [9.17, 15) is 27.0 Å². The van der Waals surface area contributed by atoms with Crippen LogP contribution in [0.2, 0.25) is 4.34 Å². The summed E-state index contributed by atoms with van der Waals surface area (Å²) < 4.78 is 47.4. The summed E-state index contributed by atoms with van der Waals surface area (Å²) in [6, 6.07) is 13.4. The van der Waals surface area contributed by atoms with Crippen LogP contribution >= 0.6 is 22.9 Å². The number of imide groups is 1. The molecule has 0 spiro atoms. The molecule has 13 heteroatoms. The quantitative estimate of drug-likeness (QED) is 0.323. The van der Waals surface area contributed by atoms with Crippen molar-refractivity contribution < 1.29 is 31.6 Å². The van der Waals surface area contributed by atoms with Crippen molar-refractivity contribution in [3.63, 3.8) is 0 Å². The first-order chi connectivity index (χ1) is 16.5. The van der Waals surface area contributed by atoms with E-state index in [0.717, 1.165) is 16.2 Å². The van der Waals surface area contributed by atoms with Crippen LogP contribution in [0.5, 0.6) is 0 Å². The Labute approximate surface area is 212 Å². The highest BCUT2D eigenvalue weighted by atomic mass is 35.5. The number of Topliss-reactive ketones (excluding diaryl/α,β-unsaturated/α-hetero) is 1. The van der Waals surface area contributed by atoms with E-state index in [4.69, 9.17) is 16.2 Å². The number of rotatable bonds is 8. The third-order valence-corrected chi connectivity index (χ3v) is 9.04. The highest BCUT2D eigenvalue weighted by molar-refractivity contribution is 7.94. The highest BCUT2D eigenvalue weighted by Crippen LogP contribution is 2.29. The van der Waals surface area contributed by atoms with Gasteiger partial charge in [0.05, 0.1) is 16.4 Å². The Balaban J connectivity index is 1.48. The molecule has 0 bridgehead atoms. The van der Waals surface area contributed by atoms with E-state index in [2.05, 4.69) is 4.72 Å². The monoisotopic (exact) mass is 552 g/mol. The van der Waals surface area contributed by atoms with Crippen LogP contribution in [-0.4, -0.2) is 40.5 Å². The van der Waals surface area contributed by atoms with Gasteiger partial charge in [-0.3, -0.25) is 23.7 Å². The van der Waals surface area contributed by atoms with Gasteiger partial charge in [-0.05, 0) is 47.5 Å². The molecule has 0 fully saturated rings. The number of anilines is 2. The van der Waals surface area contributed by atoms with Crippen LogP contribution in [0.1, 0.15) is 21.5 Å². The number of halogens is 1. The number of hydrogen-bond acceptors (Lipinski definition) is 7. The zero-order chi connectivity index (χ0) is 25.3. The fraction of sp³-hybridized carbons (Fsp3) is 0.136. The lowest BCUT2D eigenvalue weighted by atomic mass is 9.97. The summed E-state index contributed by atoms with van der Waals surface area (Å²) in [6.07, 6.45) is -0.176. The van der Waals surface area contributed by atoms with Crippen LogP contribution in [0.15, 0.2) is 58.8 Å². The summed E-state index contributed by atoms with van der Waals surface area (Å²) in [5.74, 6) is -2.21. The molecule has 2 amide bonds. The van der Waals surface area contributed by atoms with Gasteiger partial charge in [0, 0.05) is 17.7 Å². The van der Waals surface area contributed by atoms with E-state index in [0.29, 0.717) is 15.5 Å². The summed E-state index contributed by atoms with van der Waals surface area (Å²) in [5, 5.41) is 0. The lowest BCUT2D eigenvalue weighted by molar-refractivity contribution is -0.118. The van der Waals surface area contributed by atoms with Crippen LogP contribution < -0.4 is 9.62 Å². The lowest BCUT2D eigenvalue weighted by Gasteiger charge is -2.27. The minimum atomic E-state index is -3.79. The van der Waals surface area contributed by atoms with E-state index in [-0.39, 0.29) is 34.0 Å². The molecule has 1 aromatic heterocycles. The average molecular weight is 553 g/mol. The first kappa shape index (κ1) is 25.2. The number of sulfone groups is 1. The Hall–Kier alpha value is -2.90. The molecule has 4 rings (SSSR count). The predicted octanol–water partition coefficient (Wildman–Crippen LogP) is 3.27. The molecule has 35 heavy (non-hydrogen) atoms. The Morgan fingerprint density at radius 3 is 2.46 bits per heavy atom. The summed E-state index contributed by atoms with van der Waals surface area (Å²) in [6.45, 7) is 0. The van der Waals surface area contributed by atoms with Crippen molar-refractivity contribution in [3.8, 4) is 0 Å². The molecule has 0 saturated carbocycles. The third-order valence-electron chi connectivity index (χ3n) is 5.14. The second kappa shape index (κ2) is 9.99. The molecule has 0 saturated heterocycles. The van der Waals surface area contributed by atoms with Gasteiger partial charge < -0.3 is 0 Å². The summed E-state index contributed by atoms with van der Waals surface area (Å²) >= 11 is 4.35. The van der Waals surface area contributed by atoms with Crippen LogP contribution in [0.25, 0.3) is 0 Å². The largest absolute Gasteiger partial charge is 0.298 e. The molecule has 1 unspecified atom stereocenters. The number of fused-ring (bicyclic) bond motifs is 1. The molecule has 2 heterocycles. The van der Waals surface area contributed by atoms with Gasteiger partial charge in [0.15, 0.2) is 15.6 Å². The third kappa shape index (κ3) is 5.68. The summed E-state index contributed by atoms with van der Waals surface area (Å²) in [4.78, 5) is 39.1. The van der Waals surface area contributed by atoms with Gasteiger partial charge in [0.1, 0.15) is 9.96 Å². The summed E-state index contributed by atoms with van der Waals surface area (Å²) in [5.41, 5.74) is 1.78. The van der Waals surface area contributed by atoms with Crippen molar-refractivity contribution in [2.45, 2.75) is 17.1 Å². The van der Waals surface area contributed by atoms with Crippen molar-refractivity contribution >= 4 is 73.0 Å². The molecule has 2 aromatic carbocycles. The van der Waals surface area contributed by atoms with Crippen LogP contribution in [-0.2, 0) is 43.5 Å². The molecule has 1 atom stereocenters. The lowest BCUT2D eigenvalue weighted by Crippen LogP contribution is -2.42. The standard InChI is InChI=1S/C22H17ClN2O7S3/c23-19-7-8-21(33-19)35(31,32)12-17(26)9-13-1-5-16(6-2-13)25-20(27)10-14-3-4-15(24-34(29)30)11-18(14)22(25)28/h1-8,11,24H,9-10,12H2,(H,29,30). The number of ketones is 1. The SMILES string of the molecule is O=C(Cc1ccc(N2C(=O)Cc3ccc(NS(=O)O)cc3C2=O)cc1)CS(=O)(=O)c1ccc(Cl)s1. The number of nitrogens with zero attached hydrogens (tertiary/aromatic N) is 1. The number of carbonyl (C=O) groups is 3. The highest BCUT2D eigenvalue weighted by Gasteiger charge is 2.32. The molecule has 0 radical (unpaired) electrons. The van der Waals surface area contributed by atoms with E-state index in [1.54, 1.807) is 18.2 Å². The summed E-state index contributed by atoms with van der Waals surface area (Å²) in [7, 11) is -3.79. The number of hydrogen-bond donors (Lipinski definition) is 2. The minimum absolute atomic E-state index is 0.0252. The number of carbonyl (C=O) groups excluding carboxylic acids is 3. The van der Waals surface area contributed by atoms with Gasteiger partial charge in [0.25, 0.3) is 17.2 Å². The number of thiophene rings is 1. The van der Waals surface area contributed by atoms with E-state index < -0.39 is 44.5 Å². The van der Waals surface area contributed by atoms with E-state index in [1.165, 1.54) is 36.4 Å². The first-order valence-corrected chi connectivity index (χ1v) is 14.0. The molecular weight excluding hydrogens is 536 g/mol. The minimum Gasteiger partial charge on any atom is -0.298 e. The number of benzene rings is 2. The van der Waals surface area contributed by atoms with Crippen molar-refractivity contribution in [3.05, 3.63) is 75.6 Å². The molecule has 2 N–H and O–H groups in total. The maximum Gasteiger partial charge on any atom is 0.265 e. The van der Waals surface area contributed by atoms with Crippen LogP contribution in [0, 0.1) is 0 Å². The fourth-order valence-electron chi connectivity index (χ4n) is 3.62. The number of nitrogens with one attached hydrogen (secondary N) is 1. The van der Waals surface area contributed by atoms with Crippen molar-refractivity contribution in [2.24, 2.45) is 0 Å². The van der Waals surface area contributed by atoms with Crippen molar-refractivity contribution in [1.82, 2.24) is 0 Å². The zero-order valence-corrected chi connectivity index (χ0v) is 21.0. The molecule has 3 aromatic rings. The molecule has 9 nitrogen and oxygen atoms in total. The second-order valence-corrected chi connectivity index (χ2v) is 12.3. The van der Waals surface area contributed by atoms with Gasteiger partial charge in [0.2, 0.25) is 5.91 Å². The van der Waals surface area contributed by atoms with Crippen LogP contribution in [0.4, 0.5) is 11.4 Å². The van der Waals surface area contributed by atoms with Crippen molar-refractivity contribution in [2.75, 3.05) is 15.4 Å². The smallest absolute Gasteiger partial charge is 0.265 e. The van der Waals surface area contributed by atoms with Gasteiger partial charge in [-0.15, -0.1) is 11.3 Å². The molecule has 182 valence electrons. The molecule has 1 aliphatic rings. The molecule has 1 aliphatic heterocycles. The van der Waals surface area contributed by atoms with Gasteiger partial charge in [-0.2, -0.15) is 0 Å². The maximum absolute atomic E-state index is 13.0. The Bertz CT molecular complexity index is 1470. The van der Waals surface area contributed by atoms with Gasteiger partial charge in [-0.25, -0.2) is 17.5 Å². The normalized spacial score (nSPS) is 14.5. The molecule has 0 aliphatic carbocycles. The topological polar surface area (TPSA) is 138 Å². The Morgan fingerprint density at radius 1 is 1.11 bits per heavy atom. The second-order valence-electron chi connectivity index (χ2n) is 7.63. The zero-order valence-electron chi connectivity index (χ0n) is 17.8. The number of amides is 2. The van der Waals surface area contributed by atoms with E-state index in [1.807, 2.05) is 0 Å². The molecular formula is C22H17ClN2O7S3. The average Bonchev–Trinajstić information content (AvgIpc) is 3.22. The Kier molecular flexibility index (Phi) is 7.20. The maximum atomic E-state index is 13.0. The van der Waals surface area contributed by atoms with Crippen LogP contribution in [0.3, 0.4) is 0 Å². The van der Waals surface area contributed by atoms with Gasteiger partial charge >= 0.3 is 0 Å². The van der Waals surface area contributed by atoms with E-state index >= 15 is 0 Å². The fourth-order valence-corrected chi connectivity index (χ4v) is 6.76.